The van der Waals surface area contributed by atoms with E-state index in [1.165, 1.54) is 6.21 Å². The van der Waals surface area contributed by atoms with E-state index < -0.39 is 0 Å². The van der Waals surface area contributed by atoms with Crippen LogP contribution < -0.4 is 25.0 Å². The van der Waals surface area contributed by atoms with Crippen LogP contribution in [0.5, 0.6) is 17.2 Å². The molecule has 25 heavy (non-hydrogen) atoms. The maximum atomic E-state index is 11.9. The minimum atomic E-state index is -0.275. The van der Waals surface area contributed by atoms with Crippen LogP contribution in [0.25, 0.3) is 0 Å². The number of amides is 1. The van der Waals surface area contributed by atoms with Crippen molar-refractivity contribution in [2.24, 2.45) is 5.10 Å². The largest absolute Gasteiger partial charge is 0.495 e. The van der Waals surface area contributed by atoms with Crippen LogP contribution in [-0.4, -0.2) is 40.0 Å². The number of rotatable bonds is 8. The third-order valence-corrected chi connectivity index (χ3v) is 3.36. The van der Waals surface area contributed by atoms with E-state index in [1.807, 2.05) is 30.3 Å². The number of para-hydroxylation sites is 2. The van der Waals surface area contributed by atoms with E-state index in [0.717, 1.165) is 11.3 Å². The first-order valence-corrected chi connectivity index (χ1v) is 7.58. The first-order chi connectivity index (χ1) is 12.2. The molecule has 0 fully saturated rings. The summed E-state index contributed by atoms with van der Waals surface area (Å²) in [4.78, 5) is 11.9. The number of nitrogens with zero attached hydrogens (tertiary/aromatic N) is 1. The molecule has 0 bridgehead atoms. The highest BCUT2D eigenvalue weighted by Crippen LogP contribution is 2.26. The molecule has 0 atom stereocenters. The highest BCUT2D eigenvalue weighted by Gasteiger charge is 2.05. The lowest BCUT2D eigenvalue weighted by atomic mass is 10.2. The second-order valence-corrected chi connectivity index (χ2v) is 4.96. The first kappa shape index (κ1) is 18.1. The molecule has 0 heterocycles. The molecular weight excluding hydrogens is 322 g/mol. The third-order valence-electron chi connectivity index (χ3n) is 3.36. The van der Waals surface area contributed by atoms with Crippen LogP contribution in [0, 0.1) is 0 Å². The number of ether oxygens (including phenoxy) is 3. The Labute approximate surface area is 146 Å². The number of benzene rings is 2. The van der Waals surface area contributed by atoms with Crippen molar-refractivity contribution in [3.8, 4) is 17.2 Å². The van der Waals surface area contributed by atoms with Gasteiger partial charge in [0.15, 0.2) is 11.5 Å². The zero-order chi connectivity index (χ0) is 18.1. The fourth-order valence-electron chi connectivity index (χ4n) is 2.12. The van der Waals surface area contributed by atoms with E-state index in [-0.39, 0.29) is 12.5 Å². The van der Waals surface area contributed by atoms with Gasteiger partial charge in [0.25, 0.3) is 5.91 Å². The molecule has 0 aliphatic heterocycles. The summed E-state index contributed by atoms with van der Waals surface area (Å²) in [7, 11) is 4.71. The summed E-state index contributed by atoms with van der Waals surface area (Å²) >= 11 is 0. The van der Waals surface area contributed by atoms with Gasteiger partial charge < -0.3 is 19.5 Å². The summed E-state index contributed by atoms with van der Waals surface area (Å²) in [6.45, 7) is 0.0731. The summed E-state index contributed by atoms with van der Waals surface area (Å²) in [5, 5.41) is 6.93. The van der Waals surface area contributed by atoms with E-state index in [4.69, 9.17) is 14.2 Å². The molecule has 7 heteroatoms. The van der Waals surface area contributed by atoms with Gasteiger partial charge in [0.2, 0.25) is 0 Å². The number of hydrogen-bond acceptors (Lipinski definition) is 6. The van der Waals surface area contributed by atoms with E-state index in [9.17, 15) is 4.79 Å². The van der Waals surface area contributed by atoms with E-state index in [0.29, 0.717) is 17.2 Å². The highest BCUT2D eigenvalue weighted by atomic mass is 16.5. The predicted molar refractivity (Wildman–Crippen MR) is 96.8 cm³/mol. The second-order valence-electron chi connectivity index (χ2n) is 4.96. The van der Waals surface area contributed by atoms with Crippen molar-refractivity contribution in [1.82, 2.24) is 5.43 Å². The van der Waals surface area contributed by atoms with Crippen LogP contribution in [-0.2, 0) is 4.79 Å². The summed E-state index contributed by atoms with van der Waals surface area (Å²) in [6.07, 6.45) is 1.53. The fourth-order valence-corrected chi connectivity index (χ4v) is 2.12. The first-order valence-electron chi connectivity index (χ1n) is 7.58. The Morgan fingerprint density at radius 2 is 1.72 bits per heavy atom. The highest BCUT2D eigenvalue weighted by molar-refractivity contribution is 5.85. The van der Waals surface area contributed by atoms with Gasteiger partial charge in [-0.3, -0.25) is 4.79 Å². The molecular formula is C18H21N3O4. The fraction of sp³-hybridized carbons (Fsp3) is 0.222. The molecule has 2 rings (SSSR count). The SMILES string of the molecule is COc1ccccc1NCC(=O)NN=Cc1ccc(OC)c(OC)c1. The third kappa shape index (κ3) is 5.13. The molecule has 0 aliphatic rings. The Balaban J connectivity index is 1.88. The average Bonchev–Trinajstić information content (AvgIpc) is 2.66. The van der Waals surface area contributed by atoms with Gasteiger partial charge in [-0.05, 0) is 35.9 Å². The second kappa shape index (κ2) is 9.17. The summed E-state index contributed by atoms with van der Waals surface area (Å²) in [6, 6.07) is 12.7. The molecule has 0 spiro atoms. The van der Waals surface area contributed by atoms with Crippen LogP contribution in [0.1, 0.15) is 5.56 Å². The predicted octanol–water partition coefficient (Wildman–Crippen LogP) is 2.27. The minimum absolute atomic E-state index is 0.0731. The number of nitrogens with one attached hydrogen (secondary N) is 2. The van der Waals surface area contributed by atoms with Crippen molar-refractivity contribution in [3.05, 3.63) is 48.0 Å². The molecule has 2 aromatic rings. The Hall–Kier alpha value is -3.22. The number of methoxy groups -OCH3 is 3. The van der Waals surface area contributed by atoms with Crippen molar-refractivity contribution in [3.63, 3.8) is 0 Å². The topological polar surface area (TPSA) is 81.2 Å². The van der Waals surface area contributed by atoms with Crippen molar-refractivity contribution in [2.75, 3.05) is 33.2 Å². The van der Waals surface area contributed by atoms with Crippen LogP contribution in [0.15, 0.2) is 47.6 Å². The van der Waals surface area contributed by atoms with Crippen LogP contribution in [0.3, 0.4) is 0 Å². The zero-order valence-electron chi connectivity index (χ0n) is 14.4. The minimum Gasteiger partial charge on any atom is -0.495 e. The van der Waals surface area contributed by atoms with Gasteiger partial charge in [0.1, 0.15) is 5.75 Å². The Bertz CT molecular complexity index is 747. The van der Waals surface area contributed by atoms with Gasteiger partial charge in [0.05, 0.1) is 39.8 Å². The lowest BCUT2D eigenvalue weighted by Gasteiger charge is -2.09. The Morgan fingerprint density at radius 3 is 2.44 bits per heavy atom. The van der Waals surface area contributed by atoms with Gasteiger partial charge in [-0.1, -0.05) is 12.1 Å². The summed E-state index contributed by atoms with van der Waals surface area (Å²) in [5.74, 6) is 1.62. The Morgan fingerprint density at radius 1 is 1.00 bits per heavy atom. The Kier molecular flexibility index (Phi) is 6.65. The van der Waals surface area contributed by atoms with Crippen molar-refractivity contribution in [1.29, 1.82) is 0 Å². The quantitative estimate of drug-likeness (QED) is 0.568. The molecule has 132 valence electrons. The number of carbonyl (C=O) groups is 1. The van der Waals surface area contributed by atoms with Gasteiger partial charge in [0, 0.05) is 0 Å². The van der Waals surface area contributed by atoms with E-state index >= 15 is 0 Å². The molecule has 0 saturated heterocycles. The molecule has 7 nitrogen and oxygen atoms in total. The molecule has 0 radical (unpaired) electrons. The van der Waals surface area contributed by atoms with Crippen LogP contribution in [0.4, 0.5) is 5.69 Å². The van der Waals surface area contributed by atoms with Gasteiger partial charge >= 0.3 is 0 Å². The normalized spacial score (nSPS) is 10.4. The zero-order valence-corrected chi connectivity index (χ0v) is 14.4. The lowest BCUT2D eigenvalue weighted by molar-refractivity contribution is -0.119. The van der Waals surface area contributed by atoms with Crippen molar-refractivity contribution in [2.45, 2.75) is 0 Å². The van der Waals surface area contributed by atoms with Crippen molar-refractivity contribution < 1.29 is 19.0 Å². The average molecular weight is 343 g/mol. The number of anilines is 1. The smallest absolute Gasteiger partial charge is 0.259 e. The standard InChI is InChI=1S/C18H21N3O4/c1-23-15-7-5-4-6-14(15)19-12-18(22)21-20-11-13-8-9-16(24-2)17(10-13)25-3/h4-11,19H,12H2,1-3H3,(H,21,22). The van der Waals surface area contributed by atoms with Crippen LogP contribution in [0.2, 0.25) is 0 Å². The van der Waals surface area contributed by atoms with Crippen LogP contribution >= 0.6 is 0 Å². The maximum absolute atomic E-state index is 11.9. The summed E-state index contributed by atoms with van der Waals surface area (Å²) in [5.41, 5.74) is 3.97. The molecule has 0 aliphatic carbocycles. The molecule has 0 aromatic heterocycles. The summed E-state index contributed by atoms with van der Waals surface area (Å²) < 4.78 is 15.6. The number of hydrazone groups is 1. The lowest BCUT2D eigenvalue weighted by Crippen LogP contribution is -2.26. The number of carbonyl (C=O) groups excluding carboxylic acids is 1. The number of hydrogen-bond donors (Lipinski definition) is 2. The van der Waals surface area contributed by atoms with Gasteiger partial charge in [-0.25, -0.2) is 5.43 Å². The monoisotopic (exact) mass is 343 g/mol. The maximum Gasteiger partial charge on any atom is 0.259 e. The molecule has 1 amide bonds. The van der Waals surface area contributed by atoms with E-state index in [1.54, 1.807) is 33.5 Å². The molecule has 0 unspecified atom stereocenters. The van der Waals surface area contributed by atoms with Gasteiger partial charge in [-0.2, -0.15) is 5.10 Å². The molecule has 2 N–H and O–H groups in total. The van der Waals surface area contributed by atoms with E-state index in [2.05, 4.69) is 15.8 Å². The molecule has 2 aromatic carbocycles. The van der Waals surface area contributed by atoms with Crippen molar-refractivity contribution >= 4 is 17.8 Å². The van der Waals surface area contributed by atoms with Gasteiger partial charge in [-0.15, -0.1) is 0 Å². The molecule has 0 saturated carbocycles.